The molecule has 10 heteroatoms. The summed E-state index contributed by atoms with van der Waals surface area (Å²) in [5.41, 5.74) is 0.0264. The van der Waals surface area contributed by atoms with E-state index in [1.807, 2.05) is 5.32 Å². The summed E-state index contributed by atoms with van der Waals surface area (Å²) < 4.78 is 0. The lowest BCUT2D eigenvalue weighted by Gasteiger charge is -2.26. The van der Waals surface area contributed by atoms with Crippen molar-refractivity contribution in [3.63, 3.8) is 0 Å². The molecule has 0 saturated carbocycles. The van der Waals surface area contributed by atoms with Crippen LogP contribution in [0, 0.1) is 17.0 Å². The number of nitro groups is 1. The normalized spacial score (nSPS) is 15.7. The number of rotatable bonds is 3. The number of nitro benzene ring substituents is 1. The fourth-order valence-electron chi connectivity index (χ4n) is 2.56. The van der Waals surface area contributed by atoms with Gasteiger partial charge in [0.05, 0.1) is 10.6 Å². The molecule has 0 spiro atoms. The quantitative estimate of drug-likeness (QED) is 0.352. The Morgan fingerprint density at radius 2 is 1.89 bits per heavy atom. The highest BCUT2D eigenvalue weighted by Gasteiger charge is 2.37. The van der Waals surface area contributed by atoms with E-state index in [1.54, 1.807) is 13.0 Å². The van der Waals surface area contributed by atoms with Gasteiger partial charge in [-0.3, -0.25) is 25.0 Å². The van der Waals surface area contributed by atoms with Crippen LogP contribution < -0.4 is 10.2 Å². The molecule has 0 aromatic heterocycles. The second-order valence-electron chi connectivity index (χ2n) is 5.90. The number of benzene rings is 2. The lowest BCUT2D eigenvalue weighted by Crippen LogP contribution is -2.54. The maximum absolute atomic E-state index is 12.8. The molecule has 0 radical (unpaired) electrons. The third-order valence-corrected chi connectivity index (χ3v) is 4.43. The largest absolute Gasteiger partial charge is 0.502 e. The molecule has 2 aromatic rings. The van der Waals surface area contributed by atoms with Crippen molar-refractivity contribution in [1.29, 1.82) is 0 Å². The molecule has 142 valence electrons. The number of aryl methyl sites for hydroxylation is 1. The van der Waals surface area contributed by atoms with Crippen molar-refractivity contribution in [2.24, 2.45) is 0 Å². The predicted molar refractivity (Wildman–Crippen MR) is 100.0 cm³/mol. The van der Waals surface area contributed by atoms with Crippen molar-refractivity contribution in [3.8, 4) is 5.75 Å². The number of anilines is 1. The smallest absolute Gasteiger partial charge is 0.335 e. The van der Waals surface area contributed by atoms with Gasteiger partial charge in [-0.15, -0.1) is 0 Å². The monoisotopic (exact) mass is 401 g/mol. The Morgan fingerprint density at radius 3 is 2.54 bits per heavy atom. The molecule has 1 heterocycles. The van der Waals surface area contributed by atoms with Gasteiger partial charge < -0.3 is 5.11 Å². The fourth-order valence-corrected chi connectivity index (χ4v) is 2.73. The number of phenols is 1. The van der Waals surface area contributed by atoms with Crippen LogP contribution in [-0.2, 0) is 9.59 Å². The minimum Gasteiger partial charge on any atom is -0.502 e. The van der Waals surface area contributed by atoms with Gasteiger partial charge in [0, 0.05) is 11.1 Å². The number of phenolic OH excluding ortho intramolecular Hbond substituents is 1. The number of carbonyl (C=O) groups excluding carboxylic acids is 3. The van der Waals surface area contributed by atoms with Crippen molar-refractivity contribution < 1.29 is 24.4 Å². The van der Waals surface area contributed by atoms with Crippen molar-refractivity contribution in [1.82, 2.24) is 5.32 Å². The number of hydrogen-bond donors (Lipinski definition) is 2. The predicted octanol–water partition coefficient (Wildman–Crippen LogP) is 2.93. The van der Waals surface area contributed by atoms with Gasteiger partial charge in [0.1, 0.15) is 5.57 Å². The second-order valence-corrected chi connectivity index (χ2v) is 6.30. The van der Waals surface area contributed by atoms with E-state index in [4.69, 9.17) is 11.6 Å². The molecule has 1 saturated heterocycles. The van der Waals surface area contributed by atoms with Crippen LogP contribution in [0.2, 0.25) is 5.02 Å². The van der Waals surface area contributed by atoms with Gasteiger partial charge in [0.25, 0.3) is 11.8 Å². The number of halogens is 1. The van der Waals surface area contributed by atoms with Gasteiger partial charge >= 0.3 is 11.7 Å². The topological polar surface area (TPSA) is 130 Å². The molecule has 4 amide bonds. The summed E-state index contributed by atoms with van der Waals surface area (Å²) in [5.74, 6) is -2.41. The molecule has 1 fully saturated rings. The molecular formula is C18H12ClN3O6. The molecule has 0 atom stereocenters. The van der Waals surface area contributed by atoms with Crippen molar-refractivity contribution in [2.45, 2.75) is 6.92 Å². The molecule has 0 aliphatic carbocycles. The molecule has 3 rings (SSSR count). The molecule has 9 nitrogen and oxygen atoms in total. The molecule has 0 unspecified atom stereocenters. The first-order valence-corrected chi connectivity index (χ1v) is 8.22. The van der Waals surface area contributed by atoms with E-state index >= 15 is 0 Å². The Kier molecular flexibility index (Phi) is 4.85. The van der Waals surface area contributed by atoms with Gasteiger partial charge in [-0.2, -0.15) is 0 Å². The zero-order valence-corrected chi connectivity index (χ0v) is 15.1. The summed E-state index contributed by atoms with van der Waals surface area (Å²) in [6.45, 7) is 1.75. The first-order valence-electron chi connectivity index (χ1n) is 7.84. The Balaban J connectivity index is 2.05. The number of aromatic hydroxyl groups is 1. The first-order chi connectivity index (χ1) is 13.2. The van der Waals surface area contributed by atoms with Crippen LogP contribution in [0.15, 0.2) is 42.0 Å². The Hall–Kier alpha value is -3.72. The number of nitrogens with zero attached hydrogens (tertiary/aromatic N) is 2. The molecule has 2 N–H and O–H groups in total. The van der Waals surface area contributed by atoms with Crippen molar-refractivity contribution in [3.05, 3.63) is 68.2 Å². The summed E-state index contributed by atoms with van der Waals surface area (Å²) in [5, 5.41) is 22.8. The summed E-state index contributed by atoms with van der Waals surface area (Å²) in [4.78, 5) is 48.0. The molecule has 1 aliphatic heterocycles. The number of nitrogens with one attached hydrogen (secondary N) is 1. The van der Waals surface area contributed by atoms with Gasteiger partial charge in [-0.05, 0) is 42.3 Å². The summed E-state index contributed by atoms with van der Waals surface area (Å²) in [7, 11) is 0. The highest BCUT2D eigenvalue weighted by atomic mass is 35.5. The SMILES string of the molecule is Cc1ccc(N2C(=O)NC(=O)C(=Cc3ccc(O)c([N+](=O)[O-])c3)C2=O)cc1Cl. The number of imide groups is 2. The Labute approximate surface area is 163 Å². The molecule has 2 aromatic carbocycles. The van der Waals surface area contributed by atoms with Crippen LogP contribution in [-0.4, -0.2) is 27.9 Å². The van der Waals surface area contributed by atoms with Crippen molar-refractivity contribution in [2.75, 3.05) is 4.90 Å². The van der Waals surface area contributed by atoms with Crippen LogP contribution in [0.4, 0.5) is 16.2 Å². The van der Waals surface area contributed by atoms with E-state index in [-0.39, 0.29) is 11.3 Å². The van der Waals surface area contributed by atoms with Crippen LogP contribution in [0.25, 0.3) is 6.08 Å². The Bertz CT molecular complexity index is 1080. The Morgan fingerprint density at radius 1 is 1.18 bits per heavy atom. The van der Waals surface area contributed by atoms with E-state index in [9.17, 15) is 29.6 Å². The van der Waals surface area contributed by atoms with Gasteiger partial charge in [-0.1, -0.05) is 23.7 Å². The van der Waals surface area contributed by atoms with E-state index in [0.717, 1.165) is 28.7 Å². The van der Waals surface area contributed by atoms with E-state index < -0.39 is 39.8 Å². The van der Waals surface area contributed by atoms with E-state index in [1.165, 1.54) is 18.2 Å². The molecule has 0 bridgehead atoms. The van der Waals surface area contributed by atoms with E-state index in [2.05, 4.69) is 0 Å². The van der Waals surface area contributed by atoms with E-state index in [0.29, 0.717) is 5.02 Å². The summed E-state index contributed by atoms with van der Waals surface area (Å²) in [6, 6.07) is 6.94. The number of barbiturate groups is 1. The molecule has 28 heavy (non-hydrogen) atoms. The highest BCUT2D eigenvalue weighted by Crippen LogP contribution is 2.29. The third-order valence-electron chi connectivity index (χ3n) is 4.02. The highest BCUT2D eigenvalue weighted by molar-refractivity contribution is 6.39. The standard InChI is InChI=1S/C18H12ClN3O6/c1-9-2-4-11(8-13(9)19)21-17(25)12(16(24)20-18(21)26)6-10-3-5-15(23)14(7-10)22(27)28/h2-8,23H,1H3,(H,20,24,26). The zero-order valence-electron chi connectivity index (χ0n) is 14.3. The van der Waals surface area contributed by atoms with Crippen LogP contribution >= 0.6 is 11.6 Å². The fraction of sp³-hybridized carbons (Fsp3) is 0.0556. The van der Waals surface area contributed by atoms with Gasteiger partial charge in [0.15, 0.2) is 5.75 Å². The minimum atomic E-state index is -0.944. The summed E-state index contributed by atoms with van der Waals surface area (Å²) in [6.07, 6.45) is 1.10. The first kappa shape index (κ1) is 19.1. The molecule has 1 aliphatic rings. The average molecular weight is 402 g/mol. The number of carbonyl (C=O) groups is 3. The van der Waals surface area contributed by atoms with Crippen LogP contribution in [0.1, 0.15) is 11.1 Å². The van der Waals surface area contributed by atoms with Gasteiger partial charge in [0.2, 0.25) is 0 Å². The minimum absolute atomic E-state index is 0.124. The third kappa shape index (κ3) is 3.42. The average Bonchev–Trinajstić information content (AvgIpc) is 2.62. The summed E-state index contributed by atoms with van der Waals surface area (Å²) >= 11 is 6.05. The number of hydrogen-bond acceptors (Lipinski definition) is 6. The number of urea groups is 1. The zero-order chi connectivity index (χ0) is 20.6. The molecular weight excluding hydrogens is 390 g/mol. The van der Waals surface area contributed by atoms with Gasteiger partial charge in [-0.25, -0.2) is 9.69 Å². The lowest BCUT2D eigenvalue weighted by atomic mass is 10.1. The van der Waals surface area contributed by atoms with Crippen LogP contribution in [0.3, 0.4) is 0 Å². The second kappa shape index (κ2) is 7.12. The van der Waals surface area contributed by atoms with Crippen molar-refractivity contribution >= 4 is 46.9 Å². The maximum atomic E-state index is 12.8. The number of amides is 4. The van der Waals surface area contributed by atoms with Crippen LogP contribution in [0.5, 0.6) is 5.75 Å². The lowest BCUT2D eigenvalue weighted by molar-refractivity contribution is -0.385. The maximum Gasteiger partial charge on any atom is 0.335 e.